The highest BCUT2D eigenvalue weighted by Crippen LogP contribution is 2.23. The second-order valence-corrected chi connectivity index (χ2v) is 7.73. The number of hydrogen-bond acceptors (Lipinski definition) is 4. The van der Waals surface area contributed by atoms with Crippen molar-refractivity contribution in [2.45, 2.75) is 53.3 Å². The van der Waals surface area contributed by atoms with E-state index in [9.17, 15) is 14.7 Å². The minimum Gasteiger partial charge on any atom is -0.511 e. The molecule has 0 heterocycles. The van der Waals surface area contributed by atoms with Crippen LogP contribution in [0.5, 0.6) is 0 Å². The molecule has 0 aliphatic rings. The molecule has 0 spiro atoms. The van der Waals surface area contributed by atoms with E-state index in [-0.39, 0.29) is 18.3 Å². The highest BCUT2D eigenvalue weighted by atomic mass is 16.5. The zero-order chi connectivity index (χ0) is 19.9. The van der Waals surface area contributed by atoms with Gasteiger partial charge in [0.15, 0.2) is 0 Å². The first-order chi connectivity index (χ1) is 12.0. The molecule has 0 unspecified atom stereocenters. The van der Waals surface area contributed by atoms with Gasteiger partial charge in [0, 0.05) is 0 Å². The minimum absolute atomic E-state index is 0.122. The Morgan fingerprint density at radius 3 is 2.19 bits per heavy atom. The Labute approximate surface area is 155 Å². The topological polar surface area (TPSA) is 87.7 Å². The van der Waals surface area contributed by atoms with E-state index in [2.05, 4.69) is 17.2 Å². The van der Waals surface area contributed by atoms with Crippen LogP contribution in [0.4, 0.5) is 4.79 Å². The summed E-state index contributed by atoms with van der Waals surface area (Å²) in [7, 11) is 0. The number of alkyl carbamates (subject to hydrolysis) is 1. The number of benzene rings is 1. The Hall–Kier alpha value is -2.50. The highest BCUT2D eigenvalue weighted by Gasteiger charge is 2.33. The molecule has 0 radical (unpaired) electrons. The second-order valence-electron chi connectivity index (χ2n) is 7.73. The van der Waals surface area contributed by atoms with Crippen LogP contribution in [0, 0.1) is 11.3 Å². The molecular weight excluding hydrogens is 332 g/mol. The van der Waals surface area contributed by atoms with Gasteiger partial charge in [-0.2, -0.15) is 0 Å². The van der Waals surface area contributed by atoms with Crippen molar-refractivity contribution in [1.82, 2.24) is 10.6 Å². The lowest BCUT2D eigenvalue weighted by atomic mass is 9.85. The summed E-state index contributed by atoms with van der Waals surface area (Å²) >= 11 is 0. The molecule has 0 aliphatic heterocycles. The number of aliphatic hydroxyl groups is 1. The van der Waals surface area contributed by atoms with Gasteiger partial charge in [0.05, 0.1) is 6.04 Å². The Morgan fingerprint density at radius 1 is 1.15 bits per heavy atom. The van der Waals surface area contributed by atoms with E-state index in [1.54, 1.807) is 0 Å². The molecule has 2 amide bonds. The average molecular weight is 362 g/mol. The number of rotatable bonds is 7. The van der Waals surface area contributed by atoms with Crippen LogP contribution < -0.4 is 10.6 Å². The van der Waals surface area contributed by atoms with Crippen LogP contribution in [-0.2, 0) is 16.1 Å². The Balaban J connectivity index is 2.70. The smallest absolute Gasteiger partial charge is 0.408 e. The molecule has 144 valence electrons. The fraction of sp³-hybridized carbons (Fsp3) is 0.500. The van der Waals surface area contributed by atoms with Crippen molar-refractivity contribution in [3.05, 3.63) is 48.2 Å². The molecule has 2 atom stereocenters. The summed E-state index contributed by atoms with van der Waals surface area (Å²) in [4.78, 5) is 24.7. The molecule has 3 N–H and O–H groups in total. The van der Waals surface area contributed by atoms with Gasteiger partial charge in [-0.1, -0.05) is 71.5 Å². The second kappa shape index (κ2) is 9.27. The maximum atomic E-state index is 12.6. The predicted octanol–water partition coefficient (Wildman–Crippen LogP) is 3.54. The largest absolute Gasteiger partial charge is 0.511 e. The van der Waals surface area contributed by atoms with Gasteiger partial charge in [-0.15, -0.1) is 0 Å². The summed E-state index contributed by atoms with van der Waals surface area (Å²) < 4.78 is 5.18. The standard InChI is InChI=1S/C20H30N2O4/c1-13(2)16(18(24)22-17(14(3)23)20(4,5)6)21-19(25)26-12-15-10-8-7-9-11-15/h7-11,13,16-17,23H,3,12H2,1-2,4-6H3,(H,21,25)(H,22,24)/t16-,17+/m0/s1. The Morgan fingerprint density at radius 2 is 1.73 bits per heavy atom. The zero-order valence-corrected chi connectivity index (χ0v) is 16.2. The van der Waals surface area contributed by atoms with E-state index in [1.165, 1.54) is 0 Å². The summed E-state index contributed by atoms with van der Waals surface area (Å²) in [6.07, 6.45) is -0.669. The summed E-state index contributed by atoms with van der Waals surface area (Å²) in [5.74, 6) is -0.682. The lowest BCUT2D eigenvalue weighted by Gasteiger charge is -2.32. The Bertz CT molecular complexity index is 620. The molecule has 0 aliphatic carbocycles. The number of nitrogens with one attached hydrogen (secondary N) is 2. The lowest BCUT2D eigenvalue weighted by molar-refractivity contribution is -0.125. The van der Waals surface area contributed by atoms with E-state index >= 15 is 0 Å². The van der Waals surface area contributed by atoms with Crippen LogP contribution in [-0.4, -0.2) is 29.2 Å². The molecule has 0 fully saturated rings. The molecule has 6 heteroatoms. The molecule has 6 nitrogen and oxygen atoms in total. The molecule has 1 aromatic rings. The lowest BCUT2D eigenvalue weighted by Crippen LogP contribution is -2.55. The third-order valence-electron chi connectivity index (χ3n) is 3.92. The number of ether oxygens (including phenoxy) is 1. The van der Waals surface area contributed by atoms with Crippen molar-refractivity contribution in [2.75, 3.05) is 0 Å². The van der Waals surface area contributed by atoms with Crippen LogP contribution in [0.3, 0.4) is 0 Å². The van der Waals surface area contributed by atoms with E-state index in [1.807, 2.05) is 65.0 Å². The van der Waals surface area contributed by atoms with Gasteiger partial charge >= 0.3 is 6.09 Å². The normalized spacial score (nSPS) is 13.6. The van der Waals surface area contributed by atoms with Crippen LogP contribution in [0.25, 0.3) is 0 Å². The Kier molecular flexibility index (Phi) is 7.68. The summed E-state index contributed by atoms with van der Waals surface area (Å²) in [5.41, 5.74) is 0.439. The maximum Gasteiger partial charge on any atom is 0.408 e. The van der Waals surface area contributed by atoms with Gasteiger partial charge in [0.25, 0.3) is 0 Å². The molecule has 0 saturated carbocycles. The molecule has 26 heavy (non-hydrogen) atoms. The fourth-order valence-corrected chi connectivity index (χ4v) is 2.46. The van der Waals surface area contributed by atoms with Crippen molar-refractivity contribution >= 4 is 12.0 Å². The van der Waals surface area contributed by atoms with Crippen molar-refractivity contribution in [3.63, 3.8) is 0 Å². The van der Waals surface area contributed by atoms with Gasteiger partial charge in [0.1, 0.15) is 18.4 Å². The third kappa shape index (κ3) is 6.78. The van der Waals surface area contributed by atoms with E-state index in [0.717, 1.165) is 5.56 Å². The quantitative estimate of drug-likeness (QED) is 0.648. The number of hydrogen-bond donors (Lipinski definition) is 3. The first kappa shape index (κ1) is 21.5. The van der Waals surface area contributed by atoms with Crippen molar-refractivity contribution in [2.24, 2.45) is 11.3 Å². The van der Waals surface area contributed by atoms with Gasteiger partial charge in [-0.3, -0.25) is 4.79 Å². The van der Waals surface area contributed by atoms with Crippen molar-refractivity contribution in [3.8, 4) is 0 Å². The highest BCUT2D eigenvalue weighted by molar-refractivity contribution is 5.86. The fourth-order valence-electron chi connectivity index (χ4n) is 2.46. The van der Waals surface area contributed by atoms with E-state index < -0.39 is 29.5 Å². The van der Waals surface area contributed by atoms with Crippen LogP contribution in [0.1, 0.15) is 40.2 Å². The van der Waals surface area contributed by atoms with Crippen LogP contribution in [0.15, 0.2) is 42.7 Å². The van der Waals surface area contributed by atoms with Gasteiger partial charge in [0.2, 0.25) is 5.91 Å². The number of carbonyl (C=O) groups excluding carboxylic acids is 2. The molecule has 0 aromatic heterocycles. The van der Waals surface area contributed by atoms with Crippen LogP contribution >= 0.6 is 0 Å². The number of carbonyl (C=O) groups is 2. The summed E-state index contributed by atoms with van der Waals surface area (Å²) in [6.45, 7) is 12.9. The summed E-state index contributed by atoms with van der Waals surface area (Å²) in [5, 5.41) is 15.1. The number of amides is 2. The molecular formula is C20H30N2O4. The monoisotopic (exact) mass is 362 g/mol. The van der Waals surface area contributed by atoms with E-state index in [0.29, 0.717) is 0 Å². The maximum absolute atomic E-state index is 12.6. The molecule has 0 saturated heterocycles. The zero-order valence-electron chi connectivity index (χ0n) is 16.2. The number of aliphatic hydroxyl groups excluding tert-OH is 1. The first-order valence-electron chi connectivity index (χ1n) is 8.67. The third-order valence-corrected chi connectivity index (χ3v) is 3.92. The molecule has 1 rings (SSSR count). The van der Waals surface area contributed by atoms with Crippen molar-refractivity contribution in [1.29, 1.82) is 0 Å². The van der Waals surface area contributed by atoms with Crippen molar-refractivity contribution < 1.29 is 19.4 Å². The summed E-state index contributed by atoms with van der Waals surface area (Å²) in [6, 6.07) is 7.87. The SMILES string of the molecule is C=C(O)[C@@H](NC(=O)[C@@H](NC(=O)OCc1ccccc1)C(C)C)C(C)(C)C. The predicted molar refractivity (Wildman–Crippen MR) is 102 cm³/mol. The first-order valence-corrected chi connectivity index (χ1v) is 8.67. The van der Waals surface area contributed by atoms with Gasteiger partial charge < -0.3 is 20.5 Å². The van der Waals surface area contributed by atoms with Crippen LogP contribution in [0.2, 0.25) is 0 Å². The van der Waals surface area contributed by atoms with Gasteiger partial charge in [-0.25, -0.2) is 4.79 Å². The minimum atomic E-state index is -0.789. The molecule has 0 bridgehead atoms. The molecule has 1 aromatic carbocycles. The average Bonchev–Trinajstić information content (AvgIpc) is 2.54. The van der Waals surface area contributed by atoms with E-state index in [4.69, 9.17) is 4.74 Å². The van der Waals surface area contributed by atoms with Gasteiger partial charge in [-0.05, 0) is 16.9 Å².